The number of nitrogens with one attached hydrogen (secondary N) is 1. The number of fused-ring (bicyclic) bond motifs is 12. The molecule has 0 saturated heterocycles. The summed E-state index contributed by atoms with van der Waals surface area (Å²) in [4.78, 5) is 92.5. The molecule has 0 spiro atoms. The van der Waals surface area contributed by atoms with Gasteiger partial charge >= 0.3 is 0 Å². The monoisotopic (exact) mass is 1510 g/mol. The second kappa shape index (κ2) is 32.7. The Morgan fingerprint density at radius 3 is 1.22 bits per heavy atom. The molecule has 0 fully saturated rings. The van der Waals surface area contributed by atoms with Gasteiger partial charge in [-0.05, 0) is 164 Å². The smallest absolute Gasteiger partial charge is 0.232 e. The quantitative estimate of drug-likeness (QED) is 0.0593. The lowest BCUT2D eigenvalue weighted by Crippen LogP contribution is -2.06. The molecule has 10 aromatic heterocycles. The lowest BCUT2D eigenvalue weighted by molar-refractivity contribution is 0.644. The van der Waals surface area contributed by atoms with Gasteiger partial charge in [0.05, 0.1) is 76.1 Å². The first-order valence-corrected chi connectivity index (χ1v) is 32.4. The number of nitrogen functional groups attached to an aromatic ring is 6. The fourth-order valence-corrected chi connectivity index (χ4v) is 11.7. The number of hydrogen-bond acceptors (Lipinski definition) is 24. The van der Waals surface area contributed by atoms with Crippen molar-refractivity contribution in [3.05, 3.63) is 288 Å². The Labute approximate surface area is 625 Å². The molecule has 0 bridgehead atoms. The van der Waals surface area contributed by atoms with Gasteiger partial charge in [0.15, 0.2) is 5.43 Å². The highest BCUT2D eigenvalue weighted by molar-refractivity contribution is 9.10. The molecule has 0 aliphatic carbocycles. The Balaban J connectivity index is 0.000000150. The van der Waals surface area contributed by atoms with Crippen LogP contribution in [0.1, 0.15) is 58.9 Å². The summed E-state index contributed by atoms with van der Waals surface area (Å²) in [7, 11) is 0. The minimum Gasteiger partial charge on any atom is -0.456 e. The Kier molecular flexibility index (Phi) is 23.4. The van der Waals surface area contributed by atoms with Crippen molar-refractivity contribution >= 4 is 182 Å². The summed E-state index contributed by atoms with van der Waals surface area (Å²) >= 11 is 3.30. The number of nitrogens with zero attached hydrogens (tertiary/aromatic N) is 7. The summed E-state index contributed by atoms with van der Waals surface area (Å²) in [5, 5.41) is 32.4. The van der Waals surface area contributed by atoms with Crippen LogP contribution in [0.2, 0.25) is 0 Å². The number of halogens is 1. The lowest BCUT2D eigenvalue weighted by atomic mass is 10.1. The summed E-state index contributed by atoms with van der Waals surface area (Å²) in [6.07, 6.45) is 2.42. The van der Waals surface area contributed by atoms with E-state index in [4.69, 9.17) is 72.3 Å². The van der Waals surface area contributed by atoms with Gasteiger partial charge in [0.2, 0.25) is 50.0 Å². The molecule has 109 heavy (non-hydrogen) atoms. The molecule has 18 rings (SSSR count). The normalized spacial score (nSPS) is 10.4. The van der Waals surface area contributed by atoms with Crippen molar-refractivity contribution in [2.24, 2.45) is 0 Å². The van der Waals surface area contributed by atoms with Crippen LogP contribution in [0.3, 0.4) is 0 Å². The van der Waals surface area contributed by atoms with Crippen LogP contribution in [0.4, 0.5) is 34.5 Å². The lowest BCUT2D eigenvalue weighted by Gasteiger charge is -2.04. The zero-order valence-corrected chi connectivity index (χ0v) is 56.3. The Bertz CT molecular complexity index is 7050. The fraction of sp³-hybridized carbons (Fsp3) is 0.0723. The Morgan fingerprint density at radius 1 is 0.349 bits per heavy atom. The molecule has 18 aromatic rings. The van der Waals surface area contributed by atoms with Crippen LogP contribution in [0, 0.1) is 34.0 Å². The molecule has 0 aliphatic rings. The van der Waals surface area contributed by atoms with Gasteiger partial charge in [-0.1, -0.05) is 95.0 Å². The average molecular weight is 1520 g/mol. The van der Waals surface area contributed by atoms with Crippen LogP contribution in [0.15, 0.2) is 256 Å². The molecule has 0 aliphatic heterocycles. The number of anilines is 6. The molecule has 26 heteroatoms. The van der Waals surface area contributed by atoms with Gasteiger partial charge in [0, 0.05) is 44.0 Å². The fourth-order valence-electron chi connectivity index (χ4n) is 11.3. The zero-order chi connectivity index (χ0) is 73.9. The summed E-state index contributed by atoms with van der Waals surface area (Å²) in [6, 6.07) is 60.9. The van der Waals surface area contributed by atoms with E-state index in [1.54, 1.807) is 134 Å². The highest BCUT2D eigenvalue weighted by atomic mass is 79.9. The summed E-state index contributed by atoms with van der Waals surface area (Å²) in [5.41, 5.74) is 41.9. The summed E-state index contributed by atoms with van der Waals surface area (Å²) in [6.45, 7) is 2.01. The Hall–Kier alpha value is -15.1. The topological polar surface area (TPSA) is 463 Å². The van der Waals surface area contributed by atoms with Crippen molar-refractivity contribution in [3.8, 4) is 18.2 Å². The maximum absolute atomic E-state index is 12.5. The maximum atomic E-state index is 12.5. The molecular weight excluding hydrogens is 1450 g/mol. The number of aryl methyl sites for hydroxylation is 1. The van der Waals surface area contributed by atoms with Crippen molar-refractivity contribution in [1.82, 2.24) is 24.9 Å². The first-order chi connectivity index (χ1) is 50.7. The number of aromatic nitrogens is 5. The third-order valence-electron chi connectivity index (χ3n) is 16.6. The van der Waals surface area contributed by atoms with Crippen LogP contribution in [-0.2, 0) is 6.42 Å². The molecule has 542 valence electrons. The van der Waals surface area contributed by atoms with Crippen molar-refractivity contribution < 1.29 is 22.1 Å². The van der Waals surface area contributed by atoms with Crippen molar-refractivity contribution in [3.63, 3.8) is 0 Å². The third kappa shape index (κ3) is 15.6. The first kappa shape index (κ1) is 78.1. The zero-order valence-electron chi connectivity index (χ0n) is 54.7. The third-order valence-corrected chi connectivity index (χ3v) is 17.1. The molecule has 0 atom stereocenters. The number of aromatic amines is 1. The second-order valence-electron chi connectivity index (χ2n) is 23.3. The number of rotatable bonds is 1. The second-order valence-corrected chi connectivity index (χ2v) is 24.2. The standard InChI is InChI=1S/C15H11N3O2.C13H6BrN3O2.C13H7N3O2.C13H10N2O.C13H9NO2.C12H8N2O2.4CH4/c1-2-8-3-4-12-10(5-8)13(19)11-6-9(7-16)14(17)18-15(11)20-12;14-7-1-2-10-8(4-7)11(18)9-3-6(5-15)12(16)17-13(9)19-10;14-6-7-5-9-11(17)8-3-1-2-4-10(8)18-13(9)16-12(7)15;14-8-5-6-10-12(7-8)15-11-4-2-1-3-9(11)13(10)16;14-8-5-6-12-10(7-8)13(15)9-3-1-2-4-11(9)16-12;13-7-3-4-10-9(6-7)11(15)8-2-1-5-14-12(8)16-10;;;;/h3-6H,2H2,1H3,(H2,17,18);1-4H,(H2,16,17);1-5H,(H2,15,16);1-7H,14H2,(H,15,16);1-7H,14H2;1-6H,13H2;4*1H4. The van der Waals surface area contributed by atoms with E-state index in [9.17, 15) is 28.8 Å². The largest absolute Gasteiger partial charge is 0.456 e. The number of benzene rings is 8. The number of H-pyrrole nitrogens is 1. The van der Waals surface area contributed by atoms with Gasteiger partial charge in [-0.2, -0.15) is 30.7 Å². The number of para-hydroxylation sites is 3. The van der Waals surface area contributed by atoms with Gasteiger partial charge in [0.1, 0.15) is 69.2 Å². The number of hydrogen-bond donors (Lipinski definition) is 7. The van der Waals surface area contributed by atoms with Gasteiger partial charge in [-0.25, -0.2) is 4.98 Å². The summed E-state index contributed by atoms with van der Waals surface area (Å²) in [5.74, 6) is 0.172. The van der Waals surface area contributed by atoms with Crippen molar-refractivity contribution in [2.75, 3.05) is 34.4 Å². The number of pyridine rings is 5. The van der Waals surface area contributed by atoms with Crippen molar-refractivity contribution in [2.45, 2.75) is 43.1 Å². The molecule has 13 N–H and O–H groups in total. The van der Waals surface area contributed by atoms with Crippen LogP contribution in [0.25, 0.3) is 132 Å². The number of nitriles is 3. The minimum atomic E-state index is -0.235. The highest BCUT2D eigenvalue weighted by Gasteiger charge is 2.17. The van der Waals surface area contributed by atoms with Gasteiger partial charge in [0.25, 0.3) is 0 Å². The van der Waals surface area contributed by atoms with E-state index in [2.05, 4.69) is 40.8 Å². The highest BCUT2D eigenvalue weighted by Crippen LogP contribution is 2.27. The van der Waals surface area contributed by atoms with E-state index in [1.807, 2.05) is 73.7 Å². The predicted molar refractivity (Wildman–Crippen MR) is 438 cm³/mol. The van der Waals surface area contributed by atoms with Crippen LogP contribution < -0.4 is 67.0 Å². The van der Waals surface area contributed by atoms with Crippen LogP contribution in [-0.4, -0.2) is 24.9 Å². The van der Waals surface area contributed by atoms with Crippen molar-refractivity contribution in [1.29, 1.82) is 15.8 Å². The molecule has 10 heterocycles. The molecule has 25 nitrogen and oxygen atoms in total. The maximum Gasteiger partial charge on any atom is 0.232 e. The van der Waals surface area contributed by atoms with E-state index >= 15 is 0 Å². The van der Waals surface area contributed by atoms with Gasteiger partial charge in [-0.3, -0.25) is 28.8 Å². The van der Waals surface area contributed by atoms with Crippen LogP contribution in [0.5, 0.6) is 0 Å². The van der Waals surface area contributed by atoms with E-state index in [-0.39, 0.29) is 130 Å². The first-order valence-electron chi connectivity index (χ1n) is 31.6. The minimum absolute atomic E-state index is 0. The SMILES string of the molecule is C.C.C.C.CCc1ccc2oc3nc(N)c(C#N)cc3c(=O)c2c1.N#Cc1cc2c(=O)c3cc(Br)ccc3oc2nc1N.N#Cc1cc2c(=O)c3ccccc3oc2nc1N.Nc1ccc2c(=O)c3ccccc3[nH]c2c1.Nc1ccc2oc3ccccc3c(=O)c2c1.Nc1ccc2oc3ncccc3c(=O)c2c1. The van der Waals surface area contributed by atoms with Crippen LogP contribution >= 0.6 is 15.9 Å². The van der Waals surface area contributed by atoms with Gasteiger partial charge < -0.3 is 61.5 Å². The van der Waals surface area contributed by atoms with E-state index in [0.29, 0.717) is 105 Å². The van der Waals surface area contributed by atoms with E-state index in [1.165, 1.54) is 18.2 Å². The molecule has 8 aromatic carbocycles. The molecule has 0 unspecified atom stereocenters. The van der Waals surface area contributed by atoms with Gasteiger partial charge in [-0.15, -0.1) is 0 Å². The molecular formula is C83H67BrN14O11. The molecule has 0 radical (unpaired) electrons. The molecule has 0 amide bonds. The predicted octanol–water partition coefficient (Wildman–Crippen LogP) is 16.0. The van der Waals surface area contributed by atoms with E-state index < -0.39 is 0 Å². The summed E-state index contributed by atoms with van der Waals surface area (Å²) < 4.78 is 28.6. The average Bonchev–Trinajstić information content (AvgIpc) is 0.789. The Morgan fingerprint density at radius 2 is 0.706 bits per heavy atom. The van der Waals surface area contributed by atoms with E-state index in [0.717, 1.165) is 27.5 Å². The number of nitrogens with two attached hydrogens (primary N) is 6. The molecule has 0 saturated carbocycles.